The van der Waals surface area contributed by atoms with Crippen LogP contribution in [0.25, 0.3) is 12.2 Å². The van der Waals surface area contributed by atoms with Crippen LogP contribution < -0.4 is 0 Å². The lowest BCUT2D eigenvalue weighted by Crippen LogP contribution is -2.37. The smallest absolute Gasteiger partial charge is 0.127 e. The van der Waals surface area contributed by atoms with Crippen LogP contribution in [0.4, 0.5) is 0 Å². The SMILES string of the molecule is C1=Cc2c(sc3c2C=CC(N(C2=CCC(C4=CC5C6=C(OC5C=C4)C(C4CC=CCC4)=CCC6)C=C2)C2=CC4=C(CC2)[C@@H]2CCC=C[C@@H]2CC4)C3)CC1. The second-order valence-corrected chi connectivity index (χ2v) is 18.4. The minimum Gasteiger partial charge on any atom is -0.485 e. The average molecular weight is 716 g/mol. The van der Waals surface area contributed by atoms with Gasteiger partial charge in [0, 0.05) is 39.4 Å². The van der Waals surface area contributed by atoms with Crippen LogP contribution in [0, 0.1) is 29.6 Å². The second-order valence-electron chi connectivity index (χ2n) is 17.2. The Hall–Kier alpha value is -3.82. The Labute approximate surface area is 320 Å². The second kappa shape index (κ2) is 13.5. The summed E-state index contributed by atoms with van der Waals surface area (Å²) in [5.41, 5.74) is 14.0. The Balaban J connectivity index is 0.880. The predicted octanol–water partition coefficient (Wildman–Crippen LogP) is 12.6. The first kappa shape index (κ1) is 32.6. The van der Waals surface area contributed by atoms with Crippen molar-refractivity contribution in [2.24, 2.45) is 29.6 Å². The third kappa shape index (κ3) is 5.71. The van der Waals surface area contributed by atoms with Gasteiger partial charge < -0.3 is 9.64 Å². The van der Waals surface area contributed by atoms with Crippen molar-refractivity contribution in [1.82, 2.24) is 4.90 Å². The zero-order valence-corrected chi connectivity index (χ0v) is 32.0. The summed E-state index contributed by atoms with van der Waals surface area (Å²) in [4.78, 5) is 5.96. The van der Waals surface area contributed by atoms with Gasteiger partial charge in [-0.15, -0.1) is 11.3 Å². The molecule has 5 unspecified atom stereocenters. The highest BCUT2D eigenvalue weighted by Gasteiger charge is 2.40. The molecular weight excluding hydrogens is 663 g/mol. The van der Waals surface area contributed by atoms with Crippen LogP contribution in [0.3, 0.4) is 0 Å². The first-order valence-corrected chi connectivity index (χ1v) is 22.0. The number of allylic oxidation sites excluding steroid dienone is 16. The van der Waals surface area contributed by atoms with Crippen molar-refractivity contribution in [2.75, 3.05) is 0 Å². The highest BCUT2D eigenvalue weighted by atomic mass is 32.1. The largest absolute Gasteiger partial charge is 0.485 e. The molecule has 270 valence electrons. The van der Waals surface area contributed by atoms with Crippen molar-refractivity contribution in [3.05, 3.63) is 151 Å². The van der Waals surface area contributed by atoms with E-state index in [1.165, 1.54) is 91.5 Å². The number of ether oxygens (including phenoxy) is 1. The molecule has 10 aliphatic rings. The van der Waals surface area contributed by atoms with Crippen molar-refractivity contribution >= 4 is 23.5 Å². The molecule has 0 amide bonds. The molecule has 11 rings (SSSR count). The molecule has 0 radical (unpaired) electrons. The Bertz CT molecular complexity index is 2090. The van der Waals surface area contributed by atoms with E-state index >= 15 is 0 Å². The van der Waals surface area contributed by atoms with Crippen molar-refractivity contribution < 1.29 is 4.74 Å². The van der Waals surface area contributed by atoms with Gasteiger partial charge in [-0.25, -0.2) is 0 Å². The monoisotopic (exact) mass is 715 g/mol. The van der Waals surface area contributed by atoms with Gasteiger partial charge in [-0.2, -0.15) is 0 Å². The van der Waals surface area contributed by atoms with Gasteiger partial charge in [0.25, 0.3) is 0 Å². The quantitative estimate of drug-likeness (QED) is 0.281. The van der Waals surface area contributed by atoms with Crippen LogP contribution in [0.5, 0.6) is 0 Å². The molecule has 0 fully saturated rings. The summed E-state index contributed by atoms with van der Waals surface area (Å²) in [7, 11) is 0. The van der Waals surface area contributed by atoms with E-state index < -0.39 is 0 Å². The number of thiophene rings is 1. The lowest BCUT2D eigenvalue weighted by Gasteiger charge is -2.42. The highest BCUT2D eigenvalue weighted by molar-refractivity contribution is 7.12. The molecule has 0 aromatic carbocycles. The number of nitrogens with zero attached hydrogens (tertiary/aromatic N) is 1. The van der Waals surface area contributed by atoms with E-state index in [9.17, 15) is 0 Å². The minimum atomic E-state index is 0.164. The molecule has 1 aliphatic heterocycles. The average Bonchev–Trinajstić information content (AvgIpc) is 3.79. The maximum Gasteiger partial charge on any atom is 0.127 e. The van der Waals surface area contributed by atoms with E-state index in [0.717, 1.165) is 50.4 Å². The number of rotatable bonds is 5. The predicted molar refractivity (Wildman–Crippen MR) is 221 cm³/mol. The number of aryl methyl sites for hydroxylation is 1. The normalized spacial score (nSPS) is 33.5. The van der Waals surface area contributed by atoms with Crippen LogP contribution in [-0.2, 0) is 17.6 Å². The fraction of sp³-hybridized carbons (Fsp3) is 0.440. The number of hydrogen-bond acceptors (Lipinski definition) is 3. The van der Waals surface area contributed by atoms with Gasteiger partial charge in [-0.05, 0) is 159 Å². The topological polar surface area (TPSA) is 12.5 Å². The third-order valence-corrected chi connectivity index (χ3v) is 15.6. The fourth-order valence-corrected chi connectivity index (χ4v) is 13.0. The Morgan fingerprint density at radius 2 is 1.66 bits per heavy atom. The van der Waals surface area contributed by atoms with E-state index in [4.69, 9.17) is 4.74 Å². The van der Waals surface area contributed by atoms with Gasteiger partial charge in [0.2, 0.25) is 0 Å². The Morgan fingerprint density at radius 1 is 0.698 bits per heavy atom. The van der Waals surface area contributed by atoms with Crippen molar-refractivity contribution in [3.63, 3.8) is 0 Å². The molecule has 1 aromatic rings. The summed E-state index contributed by atoms with van der Waals surface area (Å²) in [5.74, 6) is 4.24. The van der Waals surface area contributed by atoms with E-state index in [0.29, 0.717) is 23.8 Å². The molecule has 53 heavy (non-hydrogen) atoms. The van der Waals surface area contributed by atoms with Crippen LogP contribution in [0.1, 0.15) is 104 Å². The fourth-order valence-electron chi connectivity index (χ4n) is 11.7. The maximum absolute atomic E-state index is 6.77. The summed E-state index contributed by atoms with van der Waals surface area (Å²) < 4.78 is 6.77. The number of fused-ring (bicyclic) bond motifs is 7. The van der Waals surface area contributed by atoms with Gasteiger partial charge in [0.15, 0.2) is 0 Å². The summed E-state index contributed by atoms with van der Waals surface area (Å²) >= 11 is 2.09. The van der Waals surface area contributed by atoms with E-state index in [1.807, 2.05) is 0 Å². The molecule has 3 heteroatoms. The molecule has 0 saturated carbocycles. The van der Waals surface area contributed by atoms with E-state index in [1.54, 1.807) is 32.2 Å². The molecule has 0 saturated heterocycles. The molecular formula is C50H53NOS. The van der Waals surface area contributed by atoms with E-state index in [2.05, 4.69) is 113 Å². The third-order valence-electron chi connectivity index (χ3n) is 14.3. The van der Waals surface area contributed by atoms with Gasteiger partial charge >= 0.3 is 0 Å². The molecule has 2 heterocycles. The van der Waals surface area contributed by atoms with E-state index in [-0.39, 0.29) is 6.10 Å². The Morgan fingerprint density at radius 3 is 2.58 bits per heavy atom. The molecule has 7 atom stereocenters. The number of hydrogen-bond donors (Lipinski definition) is 0. The maximum atomic E-state index is 6.77. The highest BCUT2D eigenvalue weighted by Crippen LogP contribution is 2.50. The minimum absolute atomic E-state index is 0.164. The summed E-state index contributed by atoms with van der Waals surface area (Å²) in [6, 6.07) is 0.352. The molecule has 1 aromatic heterocycles. The standard InChI is InChI=1S/C50H53NOS/c1-2-9-33(10-3-1)42-14-8-15-45-46-30-35(21-28-47(46)52-50(42)45)32-19-22-37(23-20-32)51(39-25-27-44-43-13-6-7-16-48(43)53-49(44)31-39)38-24-26-41-36(29-38)18-17-34-11-4-5-12-40(34)41/h1-2,4,6,11,13-14,19,21-23,25,27-30,32-34,39-40,46-47H,3,5,7-10,12,15-18,20,24,26,31H2/t32?,33?,34-,39?,40-,46?,47?/m1/s1. The van der Waals surface area contributed by atoms with Gasteiger partial charge in [-0.3, -0.25) is 0 Å². The molecule has 0 N–H and O–H groups in total. The molecule has 0 spiro atoms. The van der Waals surface area contributed by atoms with Gasteiger partial charge in [0.1, 0.15) is 11.9 Å². The lowest BCUT2D eigenvalue weighted by molar-refractivity contribution is 0.165. The summed E-state index contributed by atoms with van der Waals surface area (Å²) in [5, 5.41) is 0. The molecule has 2 nitrogen and oxygen atoms in total. The van der Waals surface area contributed by atoms with Crippen molar-refractivity contribution in [3.8, 4) is 0 Å². The van der Waals surface area contributed by atoms with Crippen molar-refractivity contribution in [1.29, 1.82) is 0 Å². The van der Waals surface area contributed by atoms with Gasteiger partial charge in [-0.1, -0.05) is 84.6 Å². The molecule has 9 aliphatic carbocycles. The summed E-state index contributed by atoms with van der Waals surface area (Å²) in [6.45, 7) is 0. The zero-order valence-electron chi connectivity index (χ0n) is 31.1. The zero-order chi connectivity index (χ0) is 34.9. The molecule has 0 bridgehead atoms. The Kier molecular flexibility index (Phi) is 8.29. The van der Waals surface area contributed by atoms with Crippen LogP contribution >= 0.6 is 11.3 Å². The first-order chi connectivity index (χ1) is 26.2. The van der Waals surface area contributed by atoms with Crippen LogP contribution in [0.2, 0.25) is 0 Å². The van der Waals surface area contributed by atoms with Crippen molar-refractivity contribution in [2.45, 2.75) is 108 Å². The first-order valence-electron chi connectivity index (χ1n) is 21.2. The van der Waals surface area contributed by atoms with Crippen LogP contribution in [-0.4, -0.2) is 17.0 Å². The van der Waals surface area contributed by atoms with Crippen LogP contribution in [0.15, 0.2) is 130 Å². The van der Waals surface area contributed by atoms with Gasteiger partial charge in [0.05, 0.1) is 6.04 Å². The lowest BCUT2D eigenvalue weighted by atomic mass is 9.68. The summed E-state index contributed by atoms with van der Waals surface area (Å²) in [6.07, 6.45) is 57.8.